The van der Waals surface area contributed by atoms with E-state index in [1.807, 2.05) is 31.2 Å². The first kappa shape index (κ1) is 17.8. The zero-order valence-corrected chi connectivity index (χ0v) is 14.0. The number of nitrogens with zero attached hydrogens (tertiary/aromatic N) is 2. The number of aromatic nitrogens is 2. The van der Waals surface area contributed by atoms with Crippen LogP contribution in [0.4, 0.5) is 0 Å². The maximum Gasteiger partial charge on any atom is 0.271 e. The maximum absolute atomic E-state index is 12.1. The molecule has 1 heterocycles. The van der Waals surface area contributed by atoms with Crippen molar-refractivity contribution < 1.29 is 14.3 Å². The van der Waals surface area contributed by atoms with E-state index in [4.69, 9.17) is 9.47 Å². The van der Waals surface area contributed by atoms with Crippen LogP contribution in [0.3, 0.4) is 0 Å². The van der Waals surface area contributed by atoms with Crippen molar-refractivity contribution in [2.75, 3.05) is 20.8 Å². The summed E-state index contributed by atoms with van der Waals surface area (Å²) in [5, 5.41) is 6.78. The number of rotatable bonds is 7. The van der Waals surface area contributed by atoms with Gasteiger partial charge in [-0.25, -0.2) is 4.68 Å². The molecule has 0 saturated heterocycles. The predicted octanol–water partition coefficient (Wildman–Crippen LogP) is 0.949. The molecule has 128 valence electrons. The van der Waals surface area contributed by atoms with E-state index in [1.165, 1.54) is 31.0 Å². The molecule has 0 fully saturated rings. The third kappa shape index (κ3) is 4.74. The van der Waals surface area contributed by atoms with Gasteiger partial charge in [-0.05, 0) is 18.6 Å². The Hall–Kier alpha value is -2.51. The molecule has 0 saturated carbocycles. The van der Waals surface area contributed by atoms with Crippen LogP contribution in [0.5, 0.6) is 0 Å². The van der Waals surface area contributed by atoms with Crippen molar-refractivity contribution in [3.63, 3.8) is 0 Å². The van der Waals surface area contributed by atoms with Crippen LogP contribution in [-0.2, 0) is 16.0 Å². The van der Waals surface area contributed by atoms with Crippen molar-refractivity contribution in [3.05, 3.63) is 63.6 Å². The summed E-state index contributed by atoms with van der Waals surface area (Å²) in [7, 11) is 2.97. The monoisotopic (exact) mass is 331 g/mol. The molecule has 24 heavy (non-hydrogen) atoms. The Morgan fingerprint density at radius 1 is 1.17 bits per heavy atom. The van der Waals surface area contributed by atoms with Crippen molar-refractivity contribution in [2.45, 2.75) is 19.8 Å². The molecule has 0 atom stereocenters. The number of hydrogen-bond acceptors (Lipinski definition) is 5. The highest BCUT2D eigenvalue weighted by Gasteiger charge is 2.12. The zero-order valence-electron chi connectivity index (χ0n) is 14.0. The average Bonchev–Trinajstić information content (AvgIpc) is 2.59. The number of benzene rings is 1. The van der Waals surface area contributed by atoms with Crippen LogP contribution in [0.15, 0.2) is 41.2 Å². The molecule has 0 bridgehead atoms. The van der Waals surface area contributed by atoms with Gasteiger partial charge in [0, 0.05) is 20.3 Å². The van der Waals surface area contributed by atoms with Crippen LogP contribution in [-0.4, -0.2) is 42.7 Å². The van der Waals surface area contributed by atoms with Gasteiger partial charge in [0.2, 0.25) is 0 Å². The first-order chi connectivity index (χ1) is 11.5. The first-order valence-electron chi connectivity index (χ1n) is 7.51. The Kier molecular flexibility index (Phi) is 6.22. The van der Waals surface area contributed by atoms with Gasteiger partial charge in [-0.15, -0.1) is 0 Å². The van der Waals surface area contributed by atoms with Gasteiger partial charge in [0.25, 0.3) is 11.5 Å². The number of carbonyl (C=O) groups excluding carboxylic acids is 1. The molecule has 0 aliphatic heterocycles. The van der Waals surface area contributed by atoms with E-state index in [0.29, 0.717) is 6.54 Å². The highest BCUT2D eigenvalue weighted by molar-refractivity contribution is 5.91. The second-order valence-electron chi connectivity index (χ2n) is 5.31. The second kappa shape index (κ2) is 8.37. The van der Waals surface area contributed by atoms with Gasteiger partial charge >= 0.3 is 0 Å². The number of hydrogen-bond donors (Lipinski definition) is 1. The standard InChI is InChI=1S/C17H21N3O4/c1-12-4-6-13(7-5-12)11-20-15(21)9-8-14(19-20)17(22)18-10-16(23-2)24-3/h4-9,16H,10-11H2,1-3H3,(H,18,22). The Morgan fingerprint density at radius 2 is 1.83 bits per heavy atom. The molecule has 0 spiro atoms. The molecule has 1 N–H and O–H groups in total. The van der Waals surface area contributed by atoms with Crippen molar-refractivity contribution in [2.24, 2.45) is 0 Å². The van der Waals surface area contributed by atoms with E-state index in [9.17, 15) is 9.59 Å². The molecule has 1 amide bonds. The number of methoxy groups -OCH3 is 2. The van der Waals surface area contributed by atoms with Crippen molar-refractivity contribution in [1.82, 2.24) is 15.1 Å². The topological polar surface area (TPSA) is 82.5 Å². The average molecular weight is 331 g/mol. The lowest BCUT2D eigenvalue weighted by Crippen LogP contribution is -2.36. The van der Waals surface area contributed by atoms with E-state index in [-0.39, 0.29) is 17.8 Å². The molecule has 0 aliphatic rings. The third-order valence-electron chi connectivity index (χ3n) is 3.51. The fraction of sp³-hybridized carbons (Fsp3) is 0.353. The molecule has 7 nitrogen and oxygen atoms in total. The molecule has 2 rings (SSSR count). The number of carbonyl (C=O) groups is 1. The predicted molar refractivity (Wildman–Crippen MR) is 88.9 cm³/mol. The van der Waals surface area contributed by atoms with Gasteiger partial charge in [0.1, 0.15) is 5.69 Å². The maximum atomic E-state index is 12.1. The third-order valence-corrected chi connectivity index (χ3v) is 3.51. The highest BCUT2D eigenvalue weighted by Crippen LogP contribution is 2.04. The summed E-state index contributed by atoms with van der Waals surface area (Å²) in [5.74, 6) is -0.397. The van der Waals surface area contributed by atoms with Crippen molar-refractivity contribution in [3.8, 4) is 0 Å². The SMILES string of the molecule is COC(CNC(=O)c1ccc(=O)n(Cc2ccc(C)cc2)n1)OC. The first-order valence-corrected chi connectivity index (χ1v) is 7.51. The fourth-order valence-electron chi connectivity index (χ4n) is 2.08. The van der Waals surface area contributed by atoms with Crippen molar-refractivity contribution >= 4 is 5.91 Å². The minimum Gasteiger partial charge on any atom is -0.354 e. The summed E-state index contributed by atoms with van der Waals surface area (Å²) in [5.41, 5.74) is 1.97. The highest BCUT2D eigenvalue weighted by atomic mass is 16.7. The molecule has 0 radical (unpaired) electrons. The smallest absolute Gasteiger partial charge is 0.271 e. The lowest BCUT2D eigenvalue weighted by molar-refractivity contribution is -0.0974. The van der Waals surface area contributed by atoms with E-state index in [2.05, 4.69) is 10.4 Å². The largest absolute Gasteiger partial charge is 0.354 e. The minimum atomic E-state index is -0.535. The summed E-state index contributed by atoms with van der Waals surface area (Å²) in [6.07, 6.45) is -0.535. The Morgan fingerprint density at radius 3 is 2.46 bits per heavy atom. The lowest BCUT2D eigenvalue weighted by atomic mass is 10.1. The second-order valence-corrected chi connectivity index (χ2v) is 5.31. The molecule has 1 aromatic heterocycles. The van der Waals surface area contributed by atoms with Crippen LogP contribution >= 0.6 is 0 Å². The van der Waals surface area contributed by atoms with E-state index in [0.717, 1.165) is 11.1 Å². The molecular weight excluding hydrogens is 310 g/mol. The van der Waals surface area contributed by atoms with Crippen molar-refractivity contribution in [1.29, 1.82) is 0 Å². The Bertz CT molecular complexity index is 736. The summed E-state index contributed by atoms with van der Waals surface area (Å²) in [6.45, 7) is 2.48. The Labute approximate surface area is 140 Å². The van der Waals surface area contributed by atoms with Crippen LogP contribution in [0.1, 0.15) is 21.6 Å². The molecule has 1 aromatic carbocycles. The lowest BCUT2D eigenvalue weighted by Gasteiger charge is -2.14. The van der Waals surface area contributed by atoms with Crippen LogP contribution in [0.2, 0.25) is 0 Å². The number of amides is 1. The van der Waals surface area contributed by atoms with Crippen LogP contribution < -0.4 is 10.9 Å². The van der Waals surface area contributed by atoms with Gasteiger partial charge in [-0.2, -0.15) is 5.10 Å². The van der Waals surface area contributed by atoms with Crippen LogP contribution in [0, 0.1) is 6.92 Å². The summed E-state index contributed by atoms with van der Waals surface area (Å²) in [6, 6.07) is 10.5. The number of aryl methyl sites for hydroxylation is 1. The molecule has 0 unspecified atom stereocenters. The van der Waals surface area contributed by atoms with Gasteiger partial charge in [-0.3, -0.25) is 9.59 Å². The van der Waals surface area contributed by atoms with E-state index < -0.39 is 12.2 Å². The van der Waals surface area contributed by atoms with E-state index >= 15 is 0 Å². The van der Waals surface area contributed by atoms with Gasteiger partial charge < -0.3 is 14.8 Å². The van der Waals surface area contributed by atoms with Crippen LogP contribution in [0.25, 0.3) is 0 Å². The quantitative estimate of drug-likeness (QED) is 0.764. The zero-order chi connectivity index (χ0) is 17.5. The Balaban J connectivity index is 2.11. The molecular formula is C17H21N3O4. The summed E-state index contributed by atoms with van der Waals surface area (Å²) in [4.78, 5) is 24.1. The number of nitrogens with one attached hydrogen (secondary N) is 1. The van der Waals surface area contributed by atoms with E-state index in [1.54, 1.807) is 0 Å². The molecule has 7 heteroatoms. The fourth-order valence-corrected chi connectivity index (χ4v) is 2.08. The number of ether oxygens (including phenoxy) is 2. The van der Waals surface area contributed by atoms with Gasteiger partial charge in [0.15, 0.2) is 6.29 Å². The molecule has 0 aliphatic carbocycles. The van der Waals surface area contributed by atoms with Gasteiger partial charge in [0.05, 0.1) is 13.1 Å². The summed E-state index contributed by atoms with van der Waals surface area (Å²) < 4.78 is 11.3. The molecule has 2 aromatic rings. The minimum absolute atomic E-state index is 0.160. The summed E-state index contributed by atoms with van der Waals surface area (Å²) >= 11 is 0. The van der Waals surface area contributed by atoms with Gasteiger partial charge in [-0.1, -0.05) is 29.8 Å². The normalized spacial score (nSPS) is 10.8.